The zero-order valence-corrected chi connectivity index (χ0v) is 10.4. The Labute approximate surface area is 114 Å². The summed E-state index contributed by atoms with van der Waals surface area (Å²) >= 11 is 0. The zero-order valence-electron chi connectivity index (χ0n) is 10.4. The standard InChI is InChI=1S/C15H11NO4/c17-16(18)10-6-7-12-11(8-10)14-15(20-14)13(19-12)9-4-2-1-3-5-9/h1-8,13-15H/t13-,14+,15-/m1/s1. The third kappa shape index (κ3) is 1.67. The summed E-state index contributed by atoms with van der Waals surface area (Å²) in [6, 6.07) is 14.5. The van der Waals surface area contributed by atoms with Crippen LogP contribution in [0.2, 0.25) is 0 Å². The van der Waals surface area contributed by atoms with E-state index < -0.39 is 4.92 Å². The molecule has 5 heteroatoms. The fourth-order valence-electron chi connectivity index (χ4n) is 2.69. The number of nitro benzene ring substituents is 1. The van der Waals surface area contributed by atoms with Crippen molar-refractivity contribution in [3.05, 3.63) is 69.8 Å². The van der Waals surface area contributed by atoms with Gasteiger partial charge < -0.3 is 9.47 Å². The van der Waals surface area contributed by atoms with Gasteiger partial charge in [0.2, 0.25) is 0 Å². The molecule has 3 atom stereocenters. The van der Waals surface area contributed by atoms with Gasteiger partial charge in [0.15, 0.2) is 6.10 Å². The lowest BCUT2D eigenvalue weighted by Crippen LogP contribution is -2.19. The van der Waals surface area contributed by atoms with Gasteiger partial charge in [-0.05, 0) is 11.6 Å². The molecule has 0 amide bonds. The molecule has 0 aliphatic carbocycles. The highest BCUT2D eigenvalue weighted by molar-refractivity contribution is 5.49. The number of hydrogen-bond donors (Lipinski definition) is 0. The third-order valence-electron chi connectivity index (χ3n) is 3.72. The molecule has 5 nitrogen and oxygen atoms in total. The van der Waals surface area contributed by atoms with Crippen LogP contribution in [-0.4, -0.2) is 11.0 Å². The van der Waals surface area contributed by atoms with Crippen molar-refractivity contribution in [2.75, 3.05) is 0 Å². The molecule has 2 heterocycles. The molecule has 20 heavy (non-hydrogen) atoms. The molecule has 2 aromatic rings. The van der Waals surface area contributed by atoms with Crippen LogP contribution < -0.4 is 4.74 Å². The molecule has 0 saturated carbocycles. The Balaban J connectivity index is 1.71. The Kier molecular flexibility index (Phi) is 2.31. The van der Waals surface area contributed by atoms with E-state index in [1.54, 1.807) is 12.1 Å². The molecule has 0 aromatic heterocycles. The molecular formula is C15H11NO4. The number of non-ortho nitro benzene ring substituents is 1. The van der Waals surface area contributed by atoms with Crippen LogP contribution >= 0.6 is 0 Å². The van der Waals surface area contributed by atoms with E-state index in [9.17, 15) is 10.1 Å². The minimum absolute atomic E-state index is 0.0492. The first kappa shape index (κ1) is 11.4. The van der Waals surface area contributed by atoms with E-state index >= 15 is 0 Å². The first-order valence-corrected chi connectivity index (χ1v) is 6.39. The molecule has 0 spiro atoms. The van der Waals surface area contributed by atoms with Crippen LogP contribution in [0, 0.1) is 10.1 Å². The van der Waals surface area contributed by atoms with Gasteiger partial charge >= 0.3 is 0 Å². The summed E-state index contributed by atoms with van der Waals surface area (Å²) in [4.78, 5) is 10.4. The van der Waals surface area contributed by atoms with E-state index in [4.69, 9.17) is 9.47 Å². The lowest BCUT2D eigenvalue weighted by atomic mass is 9.97. The molecule has 0 bridgehead atoms. The Morgan fingerprint density at radius 2 is 1.85 bits per heavy atom. The van der Waals surface area contributed by atoms with Crippen molar-refractivity contribution in [3.63, 3.8) is 0 Å². The smallest absolute Gasteiger partial charge is 0.270 e. The molecule has 0 radical (unpaired) electrons. The summed E-state index contributed by atoms with van der Waals surface area (Å²) in [5.74, 6) is 0.670. The van der Waals surface area contributed by atoms with Gasteiger partial charge in [-0.25, -0.2) is 0 Å². The largest absolute Gasteiger partial charge is 0.482 e. The number of nitrogens with zero attached hydrogens (tertiary/aromatic N) is 1. The second-order valence-electron chi connectivity index (χ2n) is 4.95. The monoisotopic (exact) mass is 269 g/mol. The fourth-order valence-corrected chi connectivity index (χ4v) is 2.69. The maximum atomic E-state index is 10.8. The topological polar surface area (TPSA) is 64.9 Å². The summed E-state index contributed by atoms with van der Waals surface area (Å²) in [6.07, 6.45) is -0.286. The minimum Gasteiger partial charge on any atom is -0.482 e. The Hall–Kier alpha value is -2.40. The number of benzene rings is 2. The first-order valence-electron chi connectivity index (χ1n) is 6.39. The second kappa shape index (κ2) is 4.05. The van der Waals surface area contributed by atoms with Gasteiger partial charge in [-0.15, -0.1) is 0 Å². The van der Waals surface area contributed by atoms with Crippen molar-refractivity contribution in [3.8, 4) is 5.75 Å². The maximum Gasteiger partial charge on any atom is 0.270 e. The molecule has 100 valence electrons. The van der Waals surface area contributed by atoms with Crippen molar-refractivity contribution >= 4 is 5.69 Å². The second-order valence-corrected chi connectivity index (χ2v) is 4.95. The van der Waals surface area contributed by atoms with Crippen molar-refractivity contribution in [2.45, 2.75) is 18.3 Å². The molecule has 0 unspecified atom stereocenters. The summed E-state index contributed by atoms with van der Waals surface area (Å²) in [6.45, 7) is 0. The number of ether oxygens (including phenoxy) is 2. The molecule has 4 rings (SSSR count). The van der Waals surface area contributed by atoms with Crippen LogP contribution in [-0.2, 0) is 4.74 Å². The van der Waals surface area contributed by atoms with Gasteiger partial charge in [-0.2, -0.15) is 0 Å². The van der Waals surface area contributed by atoms with Crippen LogP contribution in [0.15, 0.2) is 48.5 Å². The summed E-state index contributed by atoms with van der Waals surface area (Å²) in [7, 11) is 0. The molecule has 0 N–H and O–H groups in total. The van der Waals surface area contributed by atoms with Gasteiger partial charge in [0.25, 0.3) is 5.69 Å². The Morgan fingerprint density at radius 3 is 2.60 bits per heavy atom. The summed E-state index contributed by atoms with van der Waals surface area (Å²) in [5.41, 5.74) is 1.90. The quantitative estimate of drug-likeness (QED) is 0.477. The van der Waals surface area contributed by atoms with E-state index in [2.05, 4.69) is 0 Å². The van der Waals surface area contributed by atoms with Gasteiger partial charge in [0.1, 0.15) is 18.0 Å². The SMILES string of the molecule is O=[N+]([O-])c1ccc2c(c1)[C@@H]1O[C@@H]1[C@@H](c1ccccc1)O2. The maximum absolute atomic E-state index is 10.8. The van der Waals surface area contributed by atoms with E-state index in [1.165, 1.54) is 6.07 Å². The van der Waals surface area contributed by atoms with E-state index in [1.807, 2.05) is 30.3 Å². The predicted molar refractivity (Wildman–Crippen MR) is 70.5 cm³/mol. The molecular weight excluding hydrogens is 258 g/mol. The predicted octanol–water partition coefficient (Wildman–Crippen LogP) is 3.17. The van der Waals surface area contributed by atoms with E-state index in [-0.39, 0.29) is 24.0 Å². The van der Waals surface area contributed by atoms with Crippen molar-refractivity contribution in [1.29, 1.82) is 0 Å². The van der Waals surface area contributed by atoms with Gasteiger partial charge in [0, 0.05) is 17.7 Å². The average molecular weight is 269 g/mol. The van der Waals surface area contributed by atoms with Crippen LogP contribution in [0.3, 0.4) is 0 Å². The van der Waals surface area contributed by atoms with Crippen molar-refractivity contribution < 1.29 is 14.4 Å². The number of fused-ring (bicyclic) bond motifs is 3. The molecule has 1 saturated heterocycles. The highest BCUT2D eigenvalue weighted by Crippen LogP contribution is 2.54. The van der Waals surface area contributed by atoms with Crippen LogP contribution in [0.5, 0.6) is 5.75 Å². The summed E-state index contributed by atoms with van der Waals surface area (Å²) < 4.78 is 11.6. The van der Waals surface area contributed by atoms with Crippen LogP contribution in [0.1, 0.15) is 23.3 Å². The zero-order chi connectivity index (χ0) is 13.7. The highest BCUT2D eigenvalue weighted by atomic mass is 16.6. The van der Waals surface area contributed by atoms with E-state index in [0.29, 0.717) is 5.75 Å². The number of nitro groups is 1. The van der Waals surface area contributed by atoms with Crippen LogP contribution in [0.4, 0.5) is 5.69 Å². The van der Waals surface area contributed by atoms with Crippen LogP contribution in [0.25, 0.3) is 0 Å². The molecule has 1 fully saturated rings. The average Bonchev–Trinajstić information content (AvgIpc) is 3.27. The Morgan fingerprint density at radius 1 is 1.05 bits per heavy atom. The molecule has 2 aromatic carbocycles. The van der Waals surface area contributed by atoms with Crippen molar-refractivity contribution in [1.82, 2.24) is 0 Å². The lowest BCUT2D eigenvalue weighted by Gasteiger charge is -2.23. The normalized spacial score (nSPS) is 26.1. The number of hydrogen-bond acceptors (Lipinski definition) is 4. The molecule has 2 aliphatic heterocycles. The number of rotatable bonds is 2. The minimum atomic E-state index is -0.402. The molecule has 2 aliphatic rings. The lowest BCUT2D eigenvalue weighted by molar-refractivity contribution is -0.385. The summed E-state index contributed by atoms with van der Waals surface area (Å²) in [5, 5.41) is 10.8. The van der Waals surface area contributed by atoms with Gasteiger partial charge in [0.05, 0.1) is 4.92 Å². The number of epoxide rings is 1. The van der Waals surface area contributed by atoms with E-state index in [0.717, 1.165) is 11.1 Å². The first-order chi connectivity index (χ1) is 9.74. The third-order valence-corrected chi connectivity index (χ3v) is 3.72. The van der Waals surface area contributed by atoms with Gasteiger partial charge in [-0.1, -0.05) is 30.3 Å². The fraction of sp³-hybridized carbons (Fsp3) is 0.200. The van der Waals surface area contributed by atoms with Crippen molar-refractivity contribution in [2.24, 2.45) is 0 Å². The van der Waals surface area contributed by atoms with Gasteiger partial charge in [-0.3, -0.25) is 10.1 Å². The Bertz CT molecular complexity index is 686. The highest BCUT2D eigenvalue weighted by Gasteiger charge is 2.53.